The number of methoxy groups -OCH3 is 2. The Morgan fingerprint density at radius 2 is 1.87 bits per heavy atom. The molecule has 3 N–H and O–H groups in total. The second-order valence-corrected chi connectivity index (χ2v) is 3.51. The van der Waals surface area contributed by atoms with Crippen LogP contribution in [-0.4, -0.2) is 20.1 Å². The normalized spacial score (nSPS) is 9.60. The Morgan fingerprint density at radius 3 is 2.33 bits per heavy atom. The molecule has 1 aromatic rings. The predicted octanol–water partition coefficient (Wildman–Crippen LogP) is 1.07. The lowest BCUT2D eigenvalue weighted by atomic mass is 10.2. The molecule has 0 saturated heterocycles. The lowest BCUT2D eigenvalue weighted by Gasteiger charge is -2.10. The fourth-order valence-electron chi connectivity index (χ4n) is 1.11. The molecule has 1 rings (SSSR count). The fraction of sp³-hybridized carbons (Fsp3) is 0.222. The molecule has 0 heterocycles. The molecule has 15 heavy (non-hydrogen) atoms. The van der Waals surface area contributed by atoms with Gasteiger partial charge < -0.3 is 9.47 Å². The first-order valence-corrected chi connectivity index (χ1v) is 4.85. The third-order valence-electron chi connectivity index (χ3n) is 1.85. The van der Waals surface area contributed by atoms with Gasteiger partial charge in [-0.05, 0) is 28.1 Å². The Labute approximate surface area is 95.6 Å². The molecule has 1 amide bonds. The summed E-state index contributed by atoms with van der Waals surface area (Å²) in [6.45, 7) is 0. The molecule has 0 unspecified atom stereocenters. The van der Waals surface area contributed by atoms with Crippen LogP contribution in [0.3, 0.4) is 0 Å². The van der Waals surface area contributed by atoms with Gasteiger partial charge in [-0.1, -0.05) is 0 Å². The van der Waals surface area contributed by atoms with Gasteiger partial charge in [-0.25, -0.2) is 5.84 Å². The number of carbonyl (C=O) groups is 1. The lowest BCUT2D eigenvalue weighted by molar-refractivity contribution is 0.0952. The molecule has 0 fully saturated rings. The number of hydrazine groups is 1. The highest BCUT2D eigenvalue weighted by atomic mass is 79.9. The highest BCUT2D eigenvalue weighted by molar-refractivity contribution is 9.10. The van der Waals surface area contributed by atoms with Gasteiger partial charge in [0.25, 0.3) is 5.91 Å². The minimum atomic E-state index is -0.400. The number of nitrogens with two attached hydrogens (primary N) is 1. The van der Waals surface area contributed by atoms with Crippen molar-refractivity contribution in [2.45, 2.75) is 0 Å². The SMILES string of the molecule is COc1cc(Br)c(C(=O)NN)cc1OC. The molecule has 0 atom stereocenters. The maximum Gasteiger partial charge on any atom is 0.266 e. The van der Waals surface area contributed by atoms with Gasteiger partial charge in [-0.15, -0.1) is 0 Å². The minimum Gasteiger partial charge on any atom is -0.493 e. The topological polar surface area (TPSA) is 73.6 Å². The van der Waals surface area contributed by atoms with Crippen molar-refractivity contribution in [3.05, 3.63) is 22.2 Å². The molecular weight excluding hydrogens is 264 g/mol. The van der Waals surface area contributed by atoms with E-state index in [1.807, 2.05) is 5.43 Å². The van der Waals surface area contributed by atoms with E-state index in [9.17, 15) is 4.79 Å². The summed E-state index contributed by atoms with van der Waals surface area (Å²) in [7, 11) is 3.02. The van der Waals surface area contributed by atoms with E-state index in [1.54, 1.807) is 12.1 Å². The molecule has 0 aromatic heterocycles. The quantitative estimate of drug-likeness (QED) is 0.491. The van der Waals surface area contributed by atoms with Crippen molar-refractivity contribution in [1.29, 1.82) is 0 Å². The van der Waals surface area contributed by atoms with Crippen LogP contribution in [0, 0.1) is 0 Å². The molecule has 0 spiro atoms. The number of carbonyl (C=O) groups excluding carboxylic acids is 1. The second kappa shape index (κ2) is 4.99. The maximum absolute atomic E-state index is 11.3. The van der Waals surface area contributed by atoms with E-state index in [1.165, 1.54) is 14.2 Å². The summed E-state index contributed by atoms with van der Waals surface area (Å²) in [6, 6.07) is 3.19. The number of hydrogen-bond donors (Lipinski definition) is 2. The Balaban J connectivity index is 3.25. The Morgan fingerprint density at radius 1 is 1.33 bits per heavy atom. The average Bonchev–Trinajstić information content (AvgIpc) is 2.27. The smallest absolute Gasteiger partial charge is 0.266 e. The van der Waals surface area contributed by atoms with Crippen molar-refractivity contribution >= 4 is 21.8 Å². The zero-order chi connectivity index (χ0) is 11.4. The fourth-order valence-corrected chi connectivity index (χ4v) is 1.61. The Bertz CT molecular complexity index is 382. The van der Waals surface area contributed by atoms with E-state index in [0.29, 0.717) is 21.5 Å². The third kappa shape index (κ3) is 2.40. The molecule has 0 saturated carbocycles. The summed E-state index contributed by atoms with van der Waals surface area (Å²) in [5, 5.41) is 0. The summed E-state index contributed by atoms with van der Waals surface area (Å²) in [4.78, 5) is 11.3. The van der Waals surface area contributed by atoms with Gasteiger partial charge in [0.2, 0.25) is 0 Å². The van der Waals surface area contributed by atoms with Gasteiger partial charge >= 0.3 is 0 Å². The van der Waals surface area contributed by atoms with Crippen molar-refractivity contribution < 1.29 is 14.3 Å². The van der Waals surface area contributed by atoms with Gasteiger partial charge in [0.15, 0.2) is 11.5 Å². The highest BCUT2D eigenvalue weighted by Gasteiger charge is 2.14. The van der Waals surface area contributed by atoms with Gasteiger partial charge in [0.1, 0.15) is 0 Å². The number of amides is 1. The van der Waals surface area contributed by atoms with Crippen LogP contribution < -0.4 is 20.7 Å². The van der Waals surface area contributed by atoms with Gasteiger partial charge in [0, 0.05) is 4.47 Å². The van der Waals surface area contributed by atoms with Crippen LogP contribution in [0.2, 0.25) is 0 Å². The van der Waals surface area contributed by atoms with Crippen LogP contribution in [-0.2, 0) is 0 Å². The number of benzene rings is 1. The summed E-state index contributed by atoms with van der Waals surface area (Å²) in [5.74, 6) is 5.65. The third-order valence-corrected chi connectivity index (χ3v) is 2.51. The van der Waals surface area contributed by atoms with Crippen molar-refractivity contribution in [1.82, 2.24) is 5.43 Å². The van der Waals surface area contributed by atoms with Crippen LogP contribution in [0.1, 0.15) is 10.4 Å². The zero-order valence-electron chi connectivity index (χ0n) is 8.33. The molecule has 0 aliphatic rings. The first-order chi connectivity index (χ1) is 7.13. The van der Waals surface area contributed by atoms with Gasteiger partial charge in [0.05, 0.1) is 19.8 Å². The van der Waals surface area contributed by atoms with E-state index in [2.05, 4.69) is 15.9 Å². The van der Waals surface area contributed by atoms with Crippen LogP contribution in [0.4, 0.5) is 0 Å². The van der Waals surface area contributed by atoms with E-state index >= 15 is 0 Å². The lowest BCUT2D eigenvalue weighted by Crippen LogP contribution is -2.30. The van der Waals surface area contributed by atoms with Crippen molar-refractivity contribution in [3.63, 3.8) is 0 Å². The van der Waals surface area contributed by atoms with E-state index in [4.69, 9.17) is 15.3 Å². The average molecular weight is 275 g/mol. The summed E-state index contributed by atoms with van der Waals surface area (Å²) < 4.78 is 10.7. The maximum atomic E-state index is 11.3. The number of halogens is 1. The molecule has 1 aromatic carbocycles. The number of rotatable bonds is 3. The van der Waals surface area contributed by atoms with E-state index in [-0.39, 0.29) is 0 Å². The number of nitrogen functional groups attached to an aromatic ring is 1. The predicted molar refractivity (Wildman–Crippen MR) is 58.9 cm³/mol. The van der Waals surface area contributed by atoms with Crippen molar-refractivity contribution in [3.8, 4) is 11.5 Å². The summed E-state index contributed by atoms with van der Waals surface area (Å²) in [6.07, 6.45) is 0. The Kier molecular flexibility index (Phi) is 3.93. The summed E-state index contributed by atoms with van der Waals surface area (Å²) in [5.41, 5.74) is 2.43. The van der Waals surface area contributed by atoms with E-state index < -0.39 is 5.91 Å². The monoisotopic (exact) mass is 274 g/mol. The van der Waals surface area contributed by atoms with Crippen molar-refractivity contribution in [2.24, 2.45) is 5.84 Å². The molecule has 82 valence electrons. The van der Waals surface area contributed by atoms with Crippen LogP contribution in [0.25, 0.3) is 0 Å². The van der Waals surface area contributed by atoms with Crippen LogP contribution in [0.5, 0.6) is 11.5 Å². The zero-order valence-corrected chi connectivity index (χ0v) is 9.92. The highest BCUT2D eigenvalue weighted by Crippen LogP contribution is 2.33. The van der Waals surface area contributed by atoms with Gasteiger partial charge in [-0.3, -0.25) is 10.2 Å². The van der Waals surface area contributed by atoms with Gasteiger partial charge in [-0.2, -0.15) is 0 Å². The second-order valence-electron chi connectivity index (χ2n) is 2.66. The molecule has 6 heteroatoms. The first kappa shape index (κ1) is 11.8. The first-order valence-electron chi connectivity index (χ1n) is 4.06. The largest absolute Gasteiger partial charge is 0.493 e. The molecule has 0 aliphatic carbocycles. The van der Waals surface area contributed by atoms with Crippen molar-refractivity contribution in [2.75, 3.05) is 14.2 Å². The van der Waals surface area contributed by atoms with Crippen LogP contribution in [0.15, 0.2) is 16.6 Å². The summed E-state index contributed by atoms with van der Waals surface area (Å²) >= 11 is 3.24. The number of ether oxygens (including phenoxy) is 2. The Hall–Kier alpha value is -1.27. The molecule has 0 radical (unpaired) electrons. The minimum absolute atomic E-state index is 0.384. The molecule has 5 nitrogen and oxygen atoms in total. The molecule has 0 aliphatic heterocycles. The van der Waals surface area contributed by atoms with Crippen LogP contribution >= 0.6 is 15.9 Å². The standard InChI is InChI=1S/C9H11BrN2O3/c1-14-7-3-5(9(13)12-11)6(10)4-8(7)15-2/h3-4H,11H2,1-2H3,(H,12,13). The number of nitrogens with one attached hydrogen (secondary N) is 1. The molecule has 0 bridgehead atoms. The van der Waals surface area contributed by atoms with E-state index in [0.717, 1.165) is 0 Å². The molecular formula is C9H11BrN2O3. The number of hydrogen-bond acceptors (Lipinski definition) is 4.